The van der Waals surface area contributed by atoms with Crippen LogP contribution in [0.3, 0.4) is 0 Å². The molecule has 2 aromatic rings. The van der Waals surface area contributed by atoms with E-state index in [1.807, 2.05) is 0 Å². The van der Waals surface area contributed by atoms with Crippen LogP contribution in [0.25, 0.3) is 0 Å². The molecule has 0 radical (unpaired) electrons. The van der Waals surface area contributed by atoms with E-state index < -0.39 is 14.8 Å². The molecule has 2 aromatic carbocycles. The molecule has 8 nitrogen and oxygen atoms in total. The van der Waals surface area contributed by atoms with E-state index >= 15 is 0 Å². The first-order valence-corrected chi connectivity index (χ1v) is 11.2. The SMILES string of the molecule is CS(=O)(=O)c1ccc(NCCNC(=O)CCc2ccc(Cl)cc2Cl)c([N+](=O)[O-])c1. The predicted molar refractivity (Wildman–Crippen MR) is 112 cm³/mol. The van der Waals surface area contributed by atoms with Crippen LogP contribution in [0.1, 0.15) is 12.0 Å². The Kier molecular flexibility index (Phi) is 7.83. The standard InChI is InChI=1S/C18H19Cl2N3O5S/c1-29(27,28)14-5-6-16(17(11-14)23(25)26)21-8-9-22-18(24)7-3-12-2-4-13(19)10-15(12)20/h2,4-6,10-11,21H,3,7-9H2,1H3,(H,22,24). The number of hydrogen-bond acceptors (Lipinski definition) is 6. The summed E-state index contributed by atoms with van der Waals surface area (Å²) in [6.45, 7) is 0.463. The van der Waals surface area contributed by atoms with Gasteiger partial charge in [-0.2, -0.15) is 0 Å². The lowest BCUT2D eigenvalue weighted by molar-refractivity contribution is -0.384. The monoisotopic (exact) mass is 459 g/mol. The van der Waals surface area contributed by atoms with Crippen molar-refractivity contribution in [2.75, 3.05) is 24.7 Å². The van der Waals surface area contributed by atoms with Crippen LogP contribution in [0, 0.1) is 10.1 Å². The minimum atomic E-state index is -3.55. The number of carbonyl (C=O) groups excluding carboxylic acids is 1. The molecule has 0 atom stereocenters. The molecule has 0 spiro atoms. The molecule has 0 aliphatic rings. The van der Waals surface area contributed by atoms with Crippen molar-refractivity contribution in [1.82, 2.24) is 5.32 Å². The molecule has 156 valence electrons. The number of anilines is 1. The molecule has 0 saturated heterocycles. The van der Waals surface area contributed by atoms with Crippen LogP contribution >= 0.6 is 23.2 Å². The number of carbonyl (C=O) groups is 1. The van der Waals surface area contributed by atoms with Crippen LogP contribution in [0.5, 0.6) is 0 Å². The molecule has 29 heavy (non-hydrogen) atoms. The first-order valence-electron chi connectivity index (χ1n) is 8.51. The zero-order valence-electron chi connectivity index (χ0n) is 15.4. The van der Waals surface area contributed by atoms with Crippen LogP contribution < -0.4 is 10.6 Å². The Morgan fingerprint density at radius 2 is 1.86 bits per heavy atom. The van der Waals surface area contributed by atoms with Crippen LogP contribution in [0.15, 0.2) is 41.3 Å². The minimum absolute atomic E-state index is 0.135. The second-order valence-electron chi connectivity index (χ2n) is 6.22. The number of benzene rings is 2. The lowest BCUT2D eigenvalue weighted by atomic mass is 10.1. The van der Waals surface area contributed by atoms with Gasteiger partial charge in [0.1, 0.15) is 5.69 Å². The van der Waals surface area contributed by atoms with Crippen molar-refractivity contribution >= 4 is 50.3 Å². The lowest BCUT2D eigenvalue weighted by Crippen LogP contribution is -2.29. The van der Waals surface area contributed by atoms with Gasteiger partial charge in [-0.15, -0.1) is 0 Å². The quantitative estimate of drug-likeness (QED) is 0.336. The zero-order chi connectivity index (χ0) is 21.6. The number of halogens is 2. The summed E-state index contributed by atoms with van der Waals surface area (Å²) in [4.78, 5) is 22.3. The second-order valence-corrected chi connectivity index (χ2v) is 9.08. The fourth-order valence-corrected chi connectivity index (χ4v) is 3.65. The van der Waals surface area contributed by atoms with Crippen LogP contribution in [-0.4, -0.2) is 38.6 Å². The molecule has 0 fully saturated rings. The Morgan fingerprint density at radius 1 is 1.14 bits per heavy atom. The van der Waals surface area contributed by atoms with Gasteiger partial charge in [0.25, 0.3) is 5.69 Å². The fourth-order valence-electron chi connectivity index (χ4n) is 2.50. The summed E-state index contributed by atoms with van der Waals surface area (Å²) in [6.07, 6.45) is 1.66. The maximum absolute atomic E-state index is 12.0. The van der Waals surface area contributed by atoms with Crippen molar-refractivity contribution < 1.29 is 18.1 Å². The fraction of sp³-hybridized carbons (Fsp3) is 0.278. The molecule has 2 rings (SSSR count). The summed E-state index contributed by atoms with van der Waals surface area (Å²) in [5, 5.41) is 17.7. The van der Waals surface area contributed by atoms with Gasteiger partial charge in [-0.05, 0) is 36.2 Å². The van der Waals surface area contributed by atoms with Crippen molar-refractivity contribution in [2.24, 2.45) is 0 Å². The van der Waals surface area contributed by atoms with Gasteiger partial charge in [0.05, 0.1) is 9.82 Å². The maximum Gasteiger partial charge on any atom is 0.293 e. The van der Waals surface area contributed by atoms with Crippen molar-refractivity contribution in [3.8, 4) is 0 Å². The number of aryl methyl sites for hydroxylation is 1. The first kappa shape index (κ1) is 22.9. The van der Waals surface area contributed by atoms with Crippen molar-refractivity contribution in [1.29, 1.82) is 0 Å². The highest BCUT2D eigenvalue weighted by Crippen LogP contribution is 2.27. The average Bonchev–Trinajstić information content (AvgIpc) is 2.63. The second kappa shape index (κ2) is 9.91. The number of hydrogen-bond donors (Lipinski definition) is 2. The van der Waals surface area contributed by atoms with Crippen molar-refractivity contribution in [2.45, 2.75) is 17.7 Å². The number of nitrogens with zero attached hydrogens (tertiary/aromatic N) is 1. The molecule has 0 aliphatic carbocycles. The zero-order valence-corrected chi connectivity index (χ0v) is 17.8. The lowest BCUT2D eigenvalue weighted by Gasteiger charge is -2.10. The number of rotatable bonds is 9. The van der Waals surface area contributed by atoms with Gasteiger partial charge in [0, 0.05) is 41.9 Å². The highest BCUT2D eigenvalue weighted by Gasteiger charge is 2.18. The van der Waals surface area contributed by atoms with Gasteiger partial charge >= 0.3 is 0 Å². The van der Waals surface area contributed by atoms with Crippen molar-refractivity contribution in [3.05, 3.63) is 62.1 Å². The van der Waals surface area contributed by atoms with E-state index in [-0.39, 0.29) is 41.7 Å². The molecule has 11 heteroatoms. The van der Waals surface area contributed by atoms with Gasteiger partial charge < -0.3 is 10.6 Å². The Morgan fingerprint density at radius 3 is 2.48 bits per heavy atom. The van der Waals surface area contributed by atoms with Gasteiger partial charge in [0.15, 0.2) is 9.84 Å². The van der Waals surface area contributed by atoms with E-state index in [0.717, 1.165) is 17.9 Å². The van der Waals surface area contributed by atoms with Crippen LogP contribution in [-0.2, 0) is 21.1 Å². The Balaban J connectivity index is 1.85. The van der Waals surface area contributed by atoms with E-state index in [0.29, 0.717) is 16.5 Å². The number of nitro groups is 1. The highest BCUT2D eigenvalue weighted by molar-refractivity contribution is 7.90. The average molecular weight is 460 g/mol. The molecule has 2 N–H and O–H groups in total. The Labute approximate surface area is 178 Å². The Hall–Kier alpha value is -2.36. The molecule has 0 bridgehead atoms. The van der Waals surface area contributed by atoms with E-state index in [1.165, 1.54) is 12.1 Å². The van der Waals surface area contributed by atoms with Crippen LogP contribution in [0.4, 0.5) is 11.4 Å². The Bertz CT molecular complexity index is 1030. The molecule has 0 saturated carbocycles. The highest BCUT2D eigenvalue weighted by atomic mass is 35.5. The summed E-state index contributed by atoms with van der Waals surface area (Å²) in [6, 6.07) is 8.71. The third kappa shape index (κ3) is 6.88. The molecule has 1 amide bonds. The largest absolute Gasteiger partial charge is 0.378 e. The van der Waals surface area contributed by atoms with Gasteiger partial charge in [-0.3, -0.25) is 14.9 Å². The summed E-state index contributed by atoms with van der Waals surface area (Å²) in [5.41, 5.74) is 0.632. The van der Waals surface area contributed by atoms with E-state index in [9.17, 15) is 23.3 Å². The third-order valence-electron chi connectivity index (χ3n) is 3.99. The number of amides is 1. The molecule has 0 unspecified atom stereocenters. The van der Waals surface area contributed by atoms with Gasteiger partial charge in [0.2, 0.25) is 5.91 Å². The van der Waals surface area contributed by atoms with Crippen molar-refractivity contribution in [3.63, 3.8) is 0 Å². The summed E-state index contributed by atoms with van der Waals surface area (Å²) < 4.78 is 23.1. The smallest absolute Gasteiger partial charge is 0.293 e. The summed E-state index contributed by atoms with van der Waals surface area (Å²) >= 11 is 11.9. The topological polar surface area (TPSA) is 118 Å². The van der Waals surface area contributed by atoms with Gasteiger partial charge in [-0.25, -0.2) is 8.42 Å². The maximum atomic E-state index is 12.0. The molecular formula is C18H19Cl2N3O5S. The number of nitrogens with one attached hydrogen (secondary N) is 2. The number of sulfone groups is 1. The minimum Gasteiger partial charge on any atom is -0.378 e. The molecule has 0 aromatic heterocycles. The number of nitro benzene ring substituents is 1. The van der Waals surface area contributed by atoms with E-state index in [4.69, 9.17) is 23.2 Å². The predicted octanol–water partition coefficient (Wildman–Crippen LogP) is 3.47. The summed E-state index contributed by atoms with van der Waals surface area (Å²) in [7, 11) is -3.55. The molecule has 0 heterocycles. The summed E-state index contributed by atoms with van der Waals surface area (Å²) in [5.74, 6) is -0.195. The van der Waals surface area contributed by atoms with E-state index in [1.54, 1.807) is 18.2 Å². The van der Waals surface area contributed by atoms with E-state index in [2.05, 4.69) is 10.6 Å². The first-order chi connectivity index (χ1) is 13.6. The van der Waals surface area contributed by atoms with Crippen LogP contribution in [0.2, 0.25) is 10.0 Å². The third-order valence-corrected chi connectivity index (χ3v) is 5.69. The normalized spacial score (nSPS) is 11.1. The van der Waals surface area contributed by atoms with Gasteiger partial charge in [-0.1, -0.05) is 29.3 Å². The molecule has 0 aliphatic heterocycles. The molecular weight excluding hydrogens is 441 g/mol.